The summed E-state index contributed by atoms with van der Waals surface area (Å²) in [6, 6.07) is 10.3. The number of nitrogens with two attached hydrogens (primary N) is 1. The Bertz CT molecular complexity index is 910. The Balaban J connectivity index is 1.33. The molecule has 2 fully saturated rings. The number of carbonyl (C=O) groups excluding carboxylic acids is 1. The molecule has 2 N–H and O–H groups in total. The fraction of sp³-hybridized carbons (Fsp3) is 0.381. The fourth-order valence-electron chi connectivity index (χ4n) is 3.63. The minimum absolute atomic E-state index is 0.0835. The minimum atomic E-state index is -0.571. The van der Waals surface area contributed by atoms with Crippen molar-refractivity contribution in [3.05, 3.63) is 54.0 Å². The number of hydrogen-bond donors (Lipinski definition) is 1. The number of piperazine rings is 1. The van der Waals surface area contributed by atoms with E-state index in [1.54, 1.807) is 30.3 Å². The molecule has 30 heavy (non-hydrogen) atoms. The molecule has 4 rings (SSSR count). The van der Waals surface area contributed by atoms with Crippen molar-refractivity contribution in [1.29, 1.82) is 0 Å². The number of hydrogen-bond acceptors (Lipinski definition) is 6. The van der Waals surface area contributed by atoms with Crippen molar-refractivity contribution in [3.63, 3.8) is 0 Å². The molecule has 9 heteroatoms. The number of aromatic nitrogens is 1. The van der Waals surface area contributed by atoms with Crippen molar-refractivity contribution in [2.24, 2.45) is 10.9 Å². The van der Waals surface area contributed by atoms with Crippen LogP contribution < -0.4 is 15.5 Å². The van der Waals surface area contributed by atoms with Gasteiger partial charge in [0.2, 0.25) is 6.10 Å². The van der Waals surface area contributed by atoms with Crippen LogP contribution in [0.4, 0.5) is 15.9 Å². The molecule has 0 bridgehead atoms. The fourth-order valence-corrected chi connectivity index (χ4v) is 3.63. The Hall–Kier alpha value is -3.36. The maximum atomic E-state index is 13.1. The Morgan fingerprint density at radius 2 is 1.80 bits per heavy atom. The number of oxime groups is 1. The van der Waals surface area contributed by atoms with Gasteiger partial charge in [0.15, 0.2) is 5.84 Å². The van der Waals surface area contributed by atoms with Gasteiger partial charge in [0.05, 0.1) is 0 Å². The van der Waals surface area contributed by atoms with E-state index in [1.165, 1.54) is 12.1 Å². The third-order valence-electron chi connectivity index (χ3n) is 5.50. The van der Waals surface area contributed by atoms with Crippen LogP contribution in [0, 0.1) is 5.82 Å². The number of pyridine rings is 1. The number of halogens is 1. The number of benzene rings is 1. The second kappa shape index (κ2) is 8.56. The Morgan fingerprint density at radius 1 is 1.10 bits per heavy atom. The lowest BCUT2D eigenvalue weighted by Gasteiger charge is -2.36. The summed E-state index contributed by atoms with van der Waals surface area (Å²) < 4.78 is 13.1. The SMILES string of the molecule is CN1CCC(ON=C(N)c2ccc(N3CCN(c4ccc(F)cc4)CC3)nc2)C1=O. The third-order valence-corrected chi connectivity index (χ3v) is 5.50. The molecule has 0 radical (unpaired) electrons. The van der Waals surface area contributed by atoms with Crippen molar-refractivity contribution in [2.45, 2.75) is 12.5 Å². The van der Waals surface area contributed by atoms with Crippen LogP contribution in [0.2, 0.25) is 0 Å². The summed E-state index contributed by atoms with van der Waals surface area (Å²) >= 11 is 0. The van der Waals surface area contributed by atoms with Crippen LogP contribution >= 0.6 is 0 Å². The van der Waals surface area contributed by atoms with Gasteiger partial charge in [-0.25, -0.2) is 9.37 Å². The van der Waals surface area contributed by atoms with E-state index in [-0.39, 0.29) is 17.6 Å². The largest absolute Gasteiger partial charge is 0.381 e. The maximum absolute atomic E-state index is 13.1. The first-order chi connectivity index (χ1) is 14.5. The highest BCUT2D eigenvalue weighted by molar-refractivity contribution is 5.97. The van der Waals surface area contributed by atoms with Crippen molar-refractivity contribution in [3.8, 4) is 0 Å². The van der Waals surface area contributed by atoms with Crippen LogP contribution in [0.3, 0.4) is 0 Å². The number of amidine groups is 1. The zero-order valence-electron chi connectivity index (χ0n) is 16.9. The van der Waals surface area contributed by atoms with E-state index in [4.69, 9.17) is 10.6 Å². The van der Waals surface area contributed by atoms with E-state index in [0.717, 1.165) is 37.7 Å². The van der Waals surface area contributed by atoms with Crippen molar-refractivity contribution >= 4 is 23.2 Å². The number of anilines is 2. The standard InChI is InChI=1S/C21H25FN6O2/c1-26-9-8-18(21(26)29)30-25-20(23)15-2-7-19(24-14-15)28-12-10-27(11-13-28)17-5-3-16(22)4-6-17/h2-7,14,18H,8-13H2,1H3,(H2,23,25). The number of rotatable bonds is 5. The van der Waals surface area contributed by atoms with Gasteiger partial charge in [-0.3, -0.25) is 4.79 Å². The third kappa shape index (κ3) is 4.29. The van der Waals surface area contributed by atoms with Crippen LogP contribution in [-0.4, -0.2) is 67.5 Å². The summed E-state index contributed by atoms with van der Waals surface area (Å²) in [4.78, 5) is 27.7. The Morgan fingerprint density at radius 3 is 2.40 bits per heavy atom. The molecular formula is C21H25FN6O2. The van der Waals surface area contributed by atoms with Crippen LogP contribution in [0.15, 0.2) is 47.8 Å². The average molecular weight is 412 g/mol. The zero-order chi connectivity index (χ0) is 21.1. The zero-order valence-corrected chi connectivity index (χ0v) is 16.9. The summed E-state index contributed by atoms with van der Waals surface area (Å²) in [5.74, 6) is 0.744. The predicted molar refractivity (Wildman–Crippen MR) is 113 cm³/mol. The molecule has 2 aliphatic heterocycles. The number of nitrogens with zero attached hydrogens (tertiary/aromatic N) is 5. The van der Waals surface area contributed by atoms with Gasteiger partial charge in [-0.2, -0.15) is 0 Å². The number of carbonyl (C=O) groups is 1. The van der Waals surface area contributed by atoms with Gasteiger partial charge in [-0.15, -0.1) is 0 Å². The predicted octanol–water partition coefficient (Wildman–Crippen LogP) is 1.41. The Labute approximate surface area is 174 Å². The van der Waals surface area contributed by atoms with E-state index in [0.29, 0.717) is 18.5 Å². The molecule has 0 aliphatic carbocycles. The van der Waals surface area contributed by atoms with E-state index < -0.39 is 6.10 Å². The molecular weight excluding hydrogens is 387 g/mol. The summed E-state index contributed by atoms with van der Waals surface area (Å²) in [5.41, 5.74) is 7.65. The molecule has 1 unspecified atom stereocenters. The molecule has 2 aromatic rings. The average Bonchev–Trinajstić information content (AvgIpc) is 3.10. The van der Waals surface area contributed by atoms with Crippen molar-refractivity contribution in [1.82, 2.24) is 9.88 Å². The highest BCUT2D eigenvalue weighted by atomic mass is 19.1. The van der Waals surface area contributed by atoms with Crippen molar-refractivity contribution in [2.75, 3.05) is 49.6 Å². The minimum Gasteiger partial charge on any atom is -0.381 e. The van der Waals surface area contributed by atoms with E-state index >= 15 is 0 Å². The quantitative estimate of drug-likeness (QED) is 0.454. The summed E-state index contributed by atoms with van der Waals surface area (Å²) in [6.07, 6.45) is 1.69. The van der Waals surface area contributed by atoms with Gasteiger partial charge >= 0.3 is 0 Å². The van der Waals surface area contributed by atoms with Crippen LogP contribution in [0.1, 0.15) is 12.0 Å². The molecule has 0 saturated carbocycles. The van der Waals surface area contributed by atoms with Gasteiger partial charge < -0.3 is 25.3 Å². The summed E-state index contributed by atoms with van der Waals surface area (Å²) in [7, 11) is 1.74. The molecule has 2 aliphatic rings. The molecule has 1 atom stereocenters. The van der Waals surface area contributed by atoms with Gasteiger partial charge in [0.25, 0.3) is 5.91 Å². The van der Waals surface area contributed by atoms with Gasteiger partial charge in [-0.05, 0) is 36.4 Å². The monoisotopic (exact) mass is 412 g/mol. The molecule has 2 saturated heterocycles. The van der Waals surface area contributed by atoms with E-state index in [2.05, 4.69) is 19.9 Å². The summed E-state index contributed by atoms with van der Waals surface area (Å²) in [5, 5.41) is 3.91. The topological polar surface area (TPSA) is 87.3 Å². The first-order valence-electron chi connectivity index (χ1n) is 9.97. The van der Waals surface area contributed by atoms with Gasteiger partial charge in [0.1, 0.15) is 11.6 Å². The second-order valence-corrected chi connectivity index (χ2v) is 7.47. The molecule has 8 nitrogen and oxygen atoms in total. The second-order valence-electron chi connectivity index (χ2n) is 7.47. The number of likely N-dealkylation sites (tertiary alicyclic amines) is 1. The first kappa shape index (κ1) is 19.9. The highest BCUT2D eigenvalue weighted by Crippen LogP contribution is 2.20. The normalized spacial score (nSPS) is 20.1. The van der Waals surface area contributed by atoms with E-state index in [1.807, 2.05) is 12.1 Å². The maximum Gasteiger partial charge on any atom is 0.266 e. The lowest BCUT2D eigenvalue weighted by Crippen LogP contribution is -2.46. The van der Waals surface area contributed by atoms with Crippen molar-refractivity contribution < 1.29 is 14.0 Å². The lowest BCUT2D eigenvalue weighted by molar-refractivity contribution is -0.136. The molecule has 1 aromatic heterocycles. The van der Waals surface area contributed by atoms with Gasteiger partial charge in [0, 0.05) is 63.6 Å². The molecule has 1 amide bonds. The Kier molecular flexibility index (Phi) is 5.69. The highest BCUT2D eigenvalue weighted by Gasteiger charge is 2.31. The molecule has 3 heterocycles. The van der Waals surface area contributed by atoms with Crippen LogP contribution in [-0.2, 0) is 9.63 Å². The molecule has 0 spiro atoms. The van der Waals surface area contributed by atoms with Crippen LogP contribution in [0.25, 0.3) is 0 Å². The lowest BCUT2D eigenvalue weighted by atomic mass is 10.2. The molecule has 1 aromatic carbocycles. The van der Waals surface area contributed by atoms with Crippen LogP contribution in [0.5, 0.6) is 0 Å². The number of amides is 1. The first-order valence-corrected chi connectivity index (χ1v) is 9.97. The van der Waals surface area contributed by atoms with E-state index in [9.17, 15) is 9.18 Å². The smallest absolute Gasteiger partial charge is 0.266 e. The molecule has 158 valence electrons. The summed E-state index contributed by atoms with van der Waals surface area (Å²) in [6.45, 7) is 3.94. The number of likely N-dealkylation sites (N-methyl/N-ethyl adjacent to an activating group) is 1. The van der Waals surface area contributed by atoms with Gasteiger partial charge in [-0.1, -0.05) is 5.16 Å².